The number of carbonyl (C=O) groups is 1. The molecule has 0 aliphatic carbocycles. The lowest BCUT2D eigenvalue weighted by atomic mass is 9.83. The molecule has 2 aliphatic heterocycles. The smallest absolute Gasteiger partial charge is 0.257 e. The largest absolute Gasteiger partial charge is 0.385 e. The standard InChI is InChI=1S/C23H30N4O2/c1-3-20-19(16-24-22(25-20)27-11-4-5-12-27)21(28)26-13-9-23(29,10-14-26)18-8-6-7-17(2)15-18/h6-8,15-16,29H,3-5,9-14H2,1-2H3. The first-order valence-corrected chi connectivity index (χ1v) is 10.7. The van der Waals surface area contributed by atoms with Crippen LogP contribution in [0, 0.1) is 6.92 Å². The van der Waals surface area contributed by atoms with E-state index in [1.807, 2.05) is 43.0 Å². The summed E-state index contributed by atoms with van der Waals surface area (Å²) in [5.41, 5.74) is 2.62. The second-order valence-corrected chi connectivity index (χ2v) is 8.27. The summed E-state index contributed by atoms with van der Waals surface area (Å²) in [7, 11) is 0. The van der Waals surface area contributed by atoms with Crippen molar-refractivity contribution in [1.82, 2.24) is 14.9 Å². The van der Waals surface area contributed by atoms with E-state index >= 15 is 0 Å². The third kappa shape index (κ3) is 3.99. The number of benzene rings is 1. The zero-order valence-corrected chi connectivity index (χ0v) is 17.4. The van der Waals surface area contributed by atoms with E-state index in [4.69, 9.17) is 4.98 Å². The number of aryl methyl sites for hydroxylation is 2. The molecule has 2 fully saturated rings. The van der Waals surface area contributed by atoms with Gasteiger partial charge in [-0.15, -0.1) is 0 Å². The van der Waals surface area contributed by atoms with E-state index in [0.29, 0.717) is 37.9 Å². The highest BCUT2D eigenvalue weighted by molar-refractivity contribution is 5.95. The molecule has 1 aromatic carbocycles. The number of amides is 1. The van der Waals surface area contributed by atoms with Crippen molar-refractivity contribution in [3.05, 3.63) is 52.8 Å². The highest BCUT2D eigenvalue weighted by atomic mass is 16.3. The molecule has 0 spiro atoms. The average molecular weight is 395 g/mol. The molecule has 2 aliphatic rings. The SMILES string of the molecule is CCc1nc(N2CCCC2)ncc1C(=O)N1CCC(O)(c2cccc(C)c2)CC1. The van der Waals surface area contributed by atoms with Crippen LogP contribution in [0.4, 0.5) is 5.95 Å². The third-order valence-corrected chi connectivity index (χ3v) is 6.24. The molecule has 0 unspecified atom stereocenters. The van der Waals surface area contributed by atoms with Crippen molar-refractivity contribution in [3.63, 3.8) is 0 Å². The van der Waals surface area contributed by atoms with Crippen molar-refractivity contribution in [2.45, 2.75) is 51.6 Å². The van der Waals surface area contributed by atoms with Crippen molar-refractivity contribution in [2.24, 2.45) is 0 Å². The second-order valence-electron chi connectivity index (χ2n) is 8.27. The Labute approximate surface area is 172 Å². The molecule has 29 heavy (non-hydrogen) atoms. The van der Waals surface area contributed by atoms with Crippen molar-refractivity contribution in [2.75, 3.05) is 31.1 Å². The maximum absolute atomic E-state index is 13.2. The lowest BCUT2D eigenvalue weighted by Crippen LogP contribution is -2.45. The number of likely N-dealkylation sites (tertiary alicyclic amines) is 1. The topological polar surface area (TPSA) is 69.6 Å². The van der Waals surface area contributed by atoms with Gasteiger partial charge in [0.1, 0.15) is 0 Å². The molecular formula is C23H30N4O2. The minimum atomic E-state index is -0.869. The van der Waals surface area contributed by atoms with Gasteiger partial charge in [-0.2, -0.15) is 0 Å². The summed E-state index contributed by atoms with van der Waals surface area (Å²) in [6, 6.07) is 8.03. The Bertz CT molecular complexity index is 884. The zero-order chi connectivity index (χ0) is 20.4. The Morgan fingerprint density at radius 2 is 1.90 bits per heavy atom. The van der Waals surface area contributed by atoms with Gasteiger partial charge in [0, 0.05) is 32.4 Å². The third-order valence-electron chi connectivity index (χ3n) is 6.24. The van der Waals surface area contributed by atoms with Gasteiger partial charge in [-0.3, -0.25) is 4.79 Å². The van der Waals surface area contributed by atoms with E-state index in [1.54, 1.807) is 6.20 Å². The fourth-order valence-corrected chi connectivity index (χ4v) is 4.40. The number of anilines is 1. The highest BCUT2D eigenvalue weighted by Crippen LogP contribution is 2.33. The molecule has 4 rings (SSSR count). The molecule has 0 radical (unpaired) electrons. The van der Waals surface area contributed by atoms with Crippen LogP contribution in [0.5, 0.6) is 0 Å². The number of rotatable bonds is 4. The number of aliphatic hydroxyl groups is 1. The van der Waals surface area contributed by atoms with Crippen LogP contribution in [0.25, 0.3) is 0 Å². The fraction of sp³-hybridized carbons (Fsp3) is 0.522. The minimum absolute atomic E-state index is 0.0267. The summed E-state index contributed by atoms with van der Waals surface area (Å²) in [4.78, 5) is 26.4. The Balaban J connectivity index is 1.48. The molecule has 1 N–H and O–H groups in total. The van der Waals surface area contributed by atoms with E-state index in [-0.39, 0.29) is 5.91 Å². The normalized spacial score (nSPS) is 18.9. The number of nitrogens with zero attached hydrogens (tertiary/aromatic N) is 4. The predicted molar refractivity (Wildman–Crippen MR) is 113 cm³/mol. The molecule has 0 bridgehead atoms. The van der Waals surface area contributed by atoms with Gasteiger partial charge in [-0.1, -0.05) is 36.8 Å². The Kier molecular flexibility index (Phi) is 5.54. The first-order valence-electron chi connectivity index (χ1n) is 10.7. The number of piperidine rings is 1. The van der Waals surface area contributed by atoms with Gasteiger partial charge in [0.15, 0.2) is 0 Å². The minimum Gasteiger partial charge on any atom is -0.385 e. The van der Waals surface area contributed by atoms with Gasteiger partial charge < -0.3 is 14.9 Å². The maximum Gasteiger partial charge on any atom is 0.257 e. The van der Waals surface area contributed by atoms with Crippen molar-refractivity contribution in [3.8, 4) is 0 Å². The van der Waals surface area contributed by atoms with Crippen molar-refractivity contribution in [1.29, 1.82) is 0 Å². The first-order chi connectivity index (χ1) is 14.0. The molecule has 1 amide bonds. The monoisotopic (exact) mass is 394 g/mol. The van der Waals surface area contributed by atoms with E-state index in [1.165, 1.54) is 12.8 Å². The Morgan fingerprint density at radius 3 is 2.55 bits per heavy atom. The molecule has 6 nitrogen and oxygen atoms in total. The van der Waals surface area contributed by atoms with Crippen molar-refractivity contribution >= 4 is 11.9 Å². The summed E-state index contributed by atoms with van der Waals surface area (Å²) in [5, 5.41) is 11.1. The van der Waals surface area contributed by atoms with Gasteiger partial charge in [-0.05, 0) is 44.6 Å². The van der Waals surface area contributed by atoms with Gasteiger partial charge in [0.2, 0.25) is 5.95 Å². The molecule has 154 valence electrons. The van der Waals surface area contributed by atoms with E-state index in [9.17, 15) is 9.90 Å². The number of aromatic nitrogens is 2. The van der Waals surface area contributed by atoms with E-state index in [0.717, 1.165) is 35.9 Å². The molecule has 2 aromatic rings. The van der Waals surface area contributed by atoms with Gasteiger partial charge >= 0.3 is 0 Å². The van der Waals surface area contributed by atoms with E-state index in [2.05, 4.69) is 9.88 Å². The fourth-order valence-electron chi connectivity index (χ4n) is 4.40. The summed E-state index contributed by atoms with van der Waals surface area (Å²) in [5.74, 6) is 0.712. The van der Waals surface area contributed by atoms with E-state index < -0.39 is 5.60 Å². The molecule has 0 atom stereocenters. The summed E-state index contributed by atoms with van der Waals surface area (Å²) >= 11 is 0. The Hall–Kier alpha value is -2.47. The Morgan fingerprint density at radius 1 is 1.17 bits per heavy atom. The number of hydrogen-bond acceptors (Lipinski definition) is 5. The van der Waals surface area contributed by atoms with Crippen LogP contribution in [0.2, 0.25) is 0 Å². The molecule has 1 aromatic heterocycles. The summed E-state index contributed by atoms with van der Waals surface area (Å²) in [6.45, 7) is 7.09. The number of hydrogen-bond donors (Lipinski definition) is 1. The molecular weight excluding hydrogens is 364 g/mol. The van der Waals surface area contributed by atoms with Crippen LogP contribution in [0.15, 0.2) is 30.5 Å². The first kappa shape index (κ1) is 19.8. The molecule has 2 saturated heterocycles. The highest BCUT2D eigenvalue weighted by Gasteiger charge is 2.36. The van der Waals surface area contributed by atoms with Crippen LogP contribution in [-0.2, 0) is 12.0 Å². The quantitative estimate of drug-likeness (QED) is 0.863. The predicted octanol–water partition coefficient (Wildman–Crippen LogP) is 3.07. The van der Waals surface area contributed by atoms with Crippen LogP contribution >= 0.6 is 0 Å². The second kappa shape index (κ2) is 8.11. The summed E-state index contributed by atoms with van der Waals surface area (Å²) < 4.78 is 0. The maximum atomic E-state index is 13.2. The van der Waals surface area contributed by atoms with Gasteiger partial charge in [-0.25, -0.2) is 9.97 Å². The zero-order valence-electron chi connectivity index (χ0n) is 17.4. The van der Waals surface area contributed by atoms with Gasteiger partial charge in [0.25, 0.3) is 5.91 Å². The average Bonchev–Trinajstić information content (AvgIpc) is 3.28. The lowest BCUT2D eigenvalue weighted by molar-refractivity contribution is -0.0212. The van der Waals surface area contributed by atoms with Crippen LogP contribution < -0.4 is 4.90 Å². The summed E-state index contributed by atoms with van der Waals surface area (Å²) in [6.07, 6.45) is 5.81. The van der Waals surface area contributed by atoms with Crippen LogP contribution in [0.1, 0.15) is 59.8 Å². The number of carbonyl (C=O) groups excluding carboxylic acids is 1. The van der Waals surface area contributed by atoms with Gasteiger partial charge in [0.05, 0.1) is 16.9 Å². The molecule has 6 heteroatoms. The van der Waals surface area contributed by atoms with Crippen molar-refractivity contribution < 1.29 is 9.90 Å². The van der Waals surface area contributed by atoms with Crippen LogP contribution in [0.3, 0.4) is 0 Å². The lowest BCUT2D eigenvalue weighted by Gasteiger charge is -2.38. The molecule has 0 saturated carbocycles. The van der Waals surface area contributed by atoms with Crippen LogP contribution in [-0.4, -0.2) is 52.1 Å². The molecule has 3 heterocycles.